The van der Waals surface area contributed by atoms with Crippen molar-refractivity contribution in [2.75, 3.05) is 51.2 Å². The third-order valence-electron chi connectivity index (χ3n) is 6.08. The van der Waals surface area contributed by atoms with Gasteiger partial charge in [-0.1, -0.05) is 6.92 Å². The summed E-state index contributed by atoms with van der Waals surface area (Å²) < 4.78 is 18.6. The summed E-state index contributed by atoms with van der Waals surface area (Å²) in [6.45, 7) is 5.59. The molecule has 0 radical (unpaired) electrons. The highest BCUT2D eigenvalue weighted by molar-refractivity contribution is 5.78. The van der Waals surface area contributed by atoms with Crippen molar-refractivity contribution in [2.45, 2.75) is 39.2 Å². The van der Waals surface area contributed by atoms with Gasteiger partial charge < -0.3 is 30.2 Å². The Morgan fingerprint density at radius 3 is 2.41 bits per heavy atom. The van der Waals surface area contributed by atoms with E-state index in [0.717, 1.165) is 54.5 Å². The molecule has 4 rings (SSSR count). The Morgan fingerprint density at radius 2 is 1.82 bits per heavy atom. The zero-order chi connectivity index (χ0) is 24.1. The van der Waals surface area contributed by atoms with Gasteiger partial charge in [-0.2, -0.15) is 0 Å². The molecule has 3 aromatic rings. The molecule has 2 heterocycles. The number of pyridine rings is 1. The van der Waals surface area contributed by atoms with Gasteiger partial charge in [-0.3, -0.25) is 4.57 Å². The van der Waals surface area contributed by atoms with Crippen LogP contribution in [0.3, 0.4) is 0 Å². The molecule has 1 aromatic carbocycles. The molecule has 0 unspecified atom stereocenters. The standard InChI is InChI=1S/C25H36N6O3/c1-5-12-30(16-17-7-8-17)22-10-9-19-24(29-22)31(13-6-11-26)25(28-19)27-18-14-20(32-2)23(34-4)21(15-18)33-3/h9-10,14-15,17H,5-8,11-13,16,26H2,1-4H3,(H,27,28). The summed E-state index contributed by atoms with van der Waals surface area (Å²) in [7, 11) is 4.80. The van der Waals surface area contributed by atoms with Crippen molar-refractivity contribution in [3.63, 3.8) is 0 Å². The second-order valence-corrected chi connectivity index (χ2v) is 8.67. The summed E-state index contributed by atoms with van der Waals surface area (Å²) in [6.07, 6.45) is 4.55. The van der Waals surface area contributed by atoms with E-state index in [2.05, 4.69) is 33.8 Å². The van der Waals surface area contributed by atoms with Crippen molar-refractivity contribution in [3.05, 3.63) is 24.3 Å². The number of nitrogens with zero attached hydrogens (tertiary/aromatic N) is 4. The predicted octanol–water partition coefficient (Wildman–Crippen LogP) is 4.18. The van der Waals surface area contributed by atoms with Gasteiger partial charge in [0, 0.05) is 37.5 Å². The molecule has 0 atom stereocenters. The lowest BCUT2D eigenvalue weighted by atomic mass is 10.2. The van der Waals surface area contributed by atoms with Crippen molar-refractivity contribution in [1.82, 2.24) is 14.5 Å². The molecule has 9 heteroatoms. The van der Waals surface area contributed by atoms with Gasteiger partial charge in [0.2, 0.25) is 11.7 Å². The number of aromatic nitrogens is 3. The van der Waals surface area contributed by atoms with Gasteiger partial charge in [-0.05, 0) is 50.3 Å². The van der Waals surface area contributed by atoms with Crippen LogP contribution >= 0.6 is 0 Å². The second kappa shape index (κ2) is 10.8. The zero-order valence-corrected chi connectivity index (χ0v) is 20.6. The smallest absolute Gasteiger partial charge is 0.209 e. The number of benzene rings is 1. The predicted molar refractivity (Wildman–Crippen MR) is 136 cm³/mol. The van der Waals surface area contributed by atoms with E-state index in [4.69, 9.17) is 29.9 Å². The quantitative estimate of drug-likeness (QED) is 0.385. The monoisotopic (exact) mass is 468 g/mol. The highest BCUT2D eigenvalue weighted by Crippen LogP contribution is 2.41. The average Bonchev–Trinajstić information content (AvgIpc) is 3.61. The molecule has 0 spiro atoms. The minimum absolute atomic E-state index is 0.546. The van der Waals surface area contributed by atoms with E-state index in [0.29, 0.717) is 36.3 Å². The van der Waals surface area contributed by atoms with Crippen LogP contribution in [0.25, 0.3) is 11.2 Å². The Hall–Kier alpha value is -3.20. The lowest BCUT2D eigenvalue weighted by Crippen LogP contribution is -2.27. The van der Waals surface area contributed by atoms with Gasteiger partial charge >= 0.3 is 0 Å². The van der Waals surface area contributed by atoms with Crippen LogP contribution in [-0.2, 0) is 6.54 Å². The number of methoxy groups -OCH3 is 3. The van der Waals surface area contributed by atoms with E-state index in [1.165, 1.54) is 12.8 Å². The average molecular weight is 469 g/mol. The first-order chi connectivity index (χ1) is 16.6. The zero-order valence-electron chi connectivity index (χ0n) is 20.6. The first-order valence-electron chi connectivity index (χ1n) is 12.0. The lowest BCUT2D eigenvalue weighted by molar-refractivity contribution is 0.324. The fraction of sp³-hybridized carbons (Fsp3) is 0.520. The molecule has 1 fully saturated rings. The molecule has 3 N–H and O–H groups in total. The summed E-state index contributed by atoms with van der Waals surface area (Å²) in [5.74, 6) is 4.20. The Balaban J connectivity index is 1.72. The van der Waals surface area contributed by atoms with E-state index in [-0.39, 0.29) is 0 Å². The van der Waals surface area contributed by atoms with Crippen LogP contribution < -0.4 is 30.2 Å². The molecule has 1 aliphatic carbocycles. The Bertz CT molecular complexity index is 1090. The maximum atomic E-state index is 5.85. The molecule has 0 bridgehead atoms. The Morgan fingerprint density at radius 1 is 1.09 bits per heavy atom. The van der Waals surface area contributed by atoms with E-state index >= 15 is 0 Å². The van der Waals surface area contributed by atoms with Crippen LogP contribution in [0.5, 0.6) is 17.2 Å². The van der Waals surface area contributed by atoms with Gasteiger partial charge in [0.05, 0.1) is 21.3 Å². The van der Waals surface area contributed by atoms with E-state index < -0.39 is 0 Å². The van der Waals surface area contributed by atoms with E-state index in [1.807, 2.05) is 12.1 Å². The Labute approximate surface area is 201 Å². The molecule has 9 nitrogen and oxygen atoms in total. The van der Waals surface area contributed by atoms with Crippen molar-refractivity contribution in [2.24, 2.45) is 11.7 Å². The molecular formula is C25H36N6O3. The number of imidazole rings is 1. The summed E-state index contributed by atoms with van der Waals surface area (Å²) in [4.78, 5) is 12.3. The first kappa shape index (κ1) is 23.9. The first-order valence-corrected chi connectivity index (χ1v) is 12.0. The van der Waals surface area contributed by atoms with Crippen molar-refractivity contribution in [3.8, 4) is 17.2 Å². The van der Waals surface area contributed by atoms with Crippen molar-refractivity contribution < 1.29 is 14.2 Å². The summed E-state index contributed by atoms with van der Waals surface area (Å²) in [6, 6.07) is 7.88. The van der Waals surface area contributed by atoms with Crippen molar-refractivity contribution in [1.29, 1.82) is 0 Å². The number of nitrogens with two attached hydrogens (primary N) is 1. The maximum absolute atomic E-state index is 5.85. The third-order valence-corrected chi connectivity index (χ3v) is 6.08. The van der Waals surface area contributed by atoms with E-state index in [1.54, 1.807) is 21.3 Å². The van der Waals surface area contributed by atoms with Crippen LogP contribution in [0.4, 0.5) is 17.5 Å². The number of fused-ring (bicyclic) bond motifs is 1. The van der Waals surface area contributed by atoms with Crippen LogP contribution in [-0.4, -0.2) is 55.5 Å². The van der Waals surface area contributed by atoms with E-state index in [9.17, 15) is 0 Å². The number of aryl methyl sites for hydroxylation is 1. The Kier molecular flexibility index (Phi) is 7.62. The fourth-order valence-corrected chi connectivity index (χ4v) is 4.19. The minimum atomic E-state index is 0.546. The maximum Gasteiger partial charge on any atom is 0.209 e. The molecule has 1 saturated carbocycles. The van der Waals surface area contributed by atoms with Gasteiger partial charge in [0.15, 0.2) is 17.1 Å². The number of rotatable bonds is 13. The van der Waals surface area contributed by atoms with Crippen molar-refractivity contribution >= 4 is 28.6 Å². The molecule has 0 amide bonds. The number of anilines is 3. The van der Waals surface area contributed by atoms with Gasteiger partial charge in [-0.25, -0.2) is 9.97 Å². The number of hydrogen-bond acceptors (Lipinski definition) is 8. The van der Waals surface area contributed by atoms with Gasteiger partial charge in [0.1, 0.15) is 11.3 Å². The highest BCUT2D eigenvalue weighted by atomic mass is 16.5. The van der Waals surface area contributed by atoms with Crippen LogP contribution in [0.15, 0.2) is 24.3 Å². The normalized spacial score (nSPS) is 13.2. The molecule has 0 aliphatic heterocycles. The largest absolute Gasteiger partial charge is 0.493 e. The molecule has 2 aromatic heterocycles. The van der Waals surface area contributed by atoms with Crippen LogP contribution in [0.1, 0.15) is 32.6 Å². The molecule has 1 aliphatic rings. The second-order valence-electron chi connectivity index (χ2n) is 8.67. The summed E-state index contributed by atoms with van der Waals surface area (Å²) in [5, 5.41) is 3.43. The van der Waals surface area contributed by atoms with Gasteiger partial charge in [-0.15, -0.1) is 0 Å². The van der Waals surface area contributed by atoms with Gasteiger partial charge in [0.25, 0.3) is 0 Å². The summed E-state index contributed by atoms with van der Waals surface area (Å²) in [5.41, 5.74) is 8.33. The SMILES string of the molecule is CCCN(CC1CC1)c1ccc2nc(Nc3cc(OC)c(OC)c(OC)c3)n(CCCN)c2n1. The summed E-state index contributed by atoms with van der Waals surface area (Å²) >= 11 is 0. The number of nitrogens with one attached hydrogen (secondary N) is 1. The topological polar surface area (TPSA) is 99.7 Å². The molecule has 184 valence electrons. The van der Waals surface area contributed by atoms with Crippen LogP contribution in [0, 0.1) is 5.92 Å². The third kappa shape index (κ3) is 5.14. The fourth-order valence-electron chi connectivity index (χ4n) is 4.19. The highest BCUT2D eigenvalue weighted by Gasteiger charge is 2.25. The minimum Gasteiger partial charge on any atom is -0.493 e. The molecular weight excluding hydrogens is 432 g/mol. The molecule has 34 heavy (non-hydrogen) atoms. The lowest BCUT2D eigenvalue weighted by Gasteiger charge is -2.23. The number of ether oxygens (including phenoxy) is 3. The molecule has 0 saturated heterocycles. The van der Waals surface area contributed by atoms with Crippen LogP contribution in [0.2, 0.25) is 0 Å². The number of hydrogen-bond donors (Lipinski definition) is 2.